The van der Waals surface area contributed by atoms with Gasteiger partial charge in [0.25, 0.3) is 0 Å². The first kappa shape index (κ1) is 14.6. The lowest BCUT2D eigenvalue weighted by Gasteiger charge is -2.13. The van der Waals surface area contributed by atoms with Gasteiger partial charge < -0.3 is 10.1 Å². The average Bonchev–Trinajstić information content (AvgIpc) is 2.49. The molecule has 4 heteroatoms. The minimum atomic E-state index is -0.202. The molecule has 0 saturated heterocycles. The zero-order valence-electron chi connectivity index (χ0n) is 11.2. The van der Waals surface area contributed by atoms with Crippen LogP contribution in [-0.4, -0.2) is 10.7 Å². The van der Waals surface area contributed by atoms with E-state index in [4.69, 9.17) is 4.74 Å². The van der Waals surface area contributed by atoms with Crippen LogP contribution in [0.1, 0.15) is 13.3 Å². The van der Waals surface area contributed by atoms with Gasteiger partial charge in [0, 0.05) is 0 Å². The number of ether oxygens (including phenoxy) is 1. The molecule has 0 bridgehead atoms. The number of alkyl halides is 1. The summed E-state index contributed by atoms with van der Waals surface area (Å²) in [6.07, 6.45) is 0.730. The highest BCUT2D eigenvalue weighted by Crippen LogP contribution is 2.29. The van der Waals surface area contributed by atoms with Gasteiger partial charge in [-0.1, -0.05) is 53.2 Å². The molecule has 2 aromatic carbocycles. The van der Waals surface area contributed by atoms with E-state index in [2.05, 4.69) is 21.2 Å². The lowest BCUT2D eigenvalue weighted by Crippen LogP contribution is -2.22. The van der Waals surface area contributed by atoms with Gasteiger partial charge in [0.2, 0.25) is 5.91 Å². The van der Waals surface area contributed by atoms with Gasteiger partial charge in [0.1, 0.15) is 5.75 Å². The third-order valence-electron chi connectivity index (χ3n) is 2.76. The van der Waals surface area contributed by atoms with Crippen LogP contribution in [0.15, 0.2) is 54.6 Å². The van der Waals surface area contributed by atoms with E-state index in [9.17, 15) is 4.79 Å². The largest absolute Gasteiger partial charge is 0.455 e. The van der Waals surface area contributed by atoms with Crippen molar-refractivity contribution in [3.63, 3.8) is 0 Å². The van der Waals surface area contributed by atoms with Gasteiger partial charge in [-0.25, -0.2) is 0 Å². The Kier molecular flexibility index (Phi) is 5.18. The Balaban J connectivity index is 2.16. The molecule has 20 heavy (non-hydrogen) atoms. The number of hydrogen-bond acceptors (Lipinski definition) is 2. The van der Waals surface area contributed by atoms with Crippen molar-refractivity contribution >= 4 is 27.5 Å². The molecule has 0 aromatic heterocycles. The maximum absolute atomic E-state index is 11.9. The quantitative estimate of drug-likeness (QED) is 0.812. The second kappa shape index (κ2) is 7.10. The fourth-order valence-corrected chi connectivity index (χ4v) is 1.79. The van der Waals surface area contributed by atoms with Crippen molar-refractivity contribution in [2.24, 2.45) is 0 Å². The Morgan fingerprint density at radius 1 is 1.15 bits per heavy atom. The van der Waals surface area contributed by atoms with E-state index >= 15 is 0 Å². The molecule has 0 saturated carbocycles. The summed E-state index contributed by atoms with van der Waals surface area (Å²) in [5.74, 6) is 1.29. The van der Waals surface area contributed by atoms with Crippen LogP contribution in [0.3, 0.4) is 0 Å². The van der Waals surface area contributed by atoms with E-state index in [0.29, 0.717) is 11.4 Å². The van der Waals surface area contributed by atoms with Crippen molar-refractivity contribution in [3.8, 4) is 11.5 Å². The second-order valence-corrected chi connectivity index (χ2v) is 5.38. The lowest BCUT2D eigenvalue weighted by molar-refractivity contribution is -0.115. The Morgan fingerprint density at radius 2 is 1.80 bits per heavy atom. The molecule has 0 aliphatic carbocycles. The second-order valence-electron chi connectivity index (χ2n) is 4.28. The zero-order chi connectivity index (χ0) is 14.4. The molecule has 0 radical (unpaired) electrons. The molecule has 1 amide bonds. The van der Waals surface area contributed by atoms with Gasteiger partial charge in [-0.3, -0.25) is 4.79 Å². The van der Waals surface area contributed by atoms with E-state index in [1.807, 2.05) is 61.5 Å². The monoisotopic (exact) mass is 333 g/mol. The minimum absolute atomic E-state index is 0.0726. The van der Waals surface area contributed by atoms with E-state index in [1.54, 1.807) is 0 Å². The SMILES string of the molecule is CCC(Br)C(=O)Nc1ccccc1Oc1ccccc1. The maximum atomic E-state index is 11.9. The molecule has 0 spiro atoms. The molecule has 0 aliphatic heterocycles. The Morgan fingerprint density at radius 3 is 2.50 bits per heavy atom. The number of nitrogens with one attached hydrogen (secondary N) is 1. The fraction of sp³-hybridized carbons (Fsp3) is 0.188. The predicted octanol–water partition coefficient (Wildman–Crippen LogP) is 4.59. The summed E-state index contributed by atoms with van der Waals surface area (Å²) in [5.41, 5.74) is 0.666. The molecule has 1 atom stereocenters. The number of halogens is 1. The van der Waals surface area contributed by atoms with Gasteiger partial charge in [-0.15, -0.1) is 0 Å². The molecule has 0 fully saturated rings. The van der Waals surface area contributed by atoms with Crippen molar-refractivity contribution in [2.75, 3.05) is 5.32 Å². The average molecular weight is 334 g/mol. The summed E-state index contributed by atoms with van der Waals surface area (Å²) in [7, 11) is 0. The molecule has 1 N–H and O–H groups in total. The van der Waals surface area contributed by atoms with E-state index in [-0.39, 0.29) is 10.7 Å². The standard InChI is InChI=1S/C16H16BrNO2/c1-2-13(17)16(19)18-14-10-6-7-11-15(14)20-12-8-4-3-5-9-12/h3-11,13H,2H2,1H3,(H,18,19). The summed E-state index contributed by atoms with van der Waals surface area (Å²) in [5, 5.41) is 2.87. The number of hydrogen-bond donors (Lipinski definition) is 1. The zero-order valence-corrected chi connectivity index (χ0v) is 12.8. The minimum Gasteiger partial charge on any atom is -0.455 e. The van der Waals surface area contributed by atoms with Gasteiger partial charge in [-0.05, 0) is 30.7 Å². The predicted molar refractivity (Wildman–Crippen MR) is 84.6 cm³/mol. The molecular weight excluding hydrogens is 318 g/mol. The first-order chi connectivity index (χ1) is 9.70. The first-order valence-electron chi connectivity index (χ1n) is 6.47. The highest BCUT2D eigenvalue weighted by atomic mass is 79.9. The fourth-order valence-electron chi connectivity index (χ4n) is 1.67. The highest BCUT2D eigenvalue weighted by Gasteiger charge is 2.14. The van der Waals surface area contributed by atoms with Crippen LogP contribution in [0.4, 0.5) is 5.69 Å². The molecule has 0 heterocycles. The lowest BCUT2D eigenvalue weighted by atomic mass is 10.2. The third-order valence-corrected chi connectivity index (χ3v) is 3.82. The smallest absolute Gasteiger partial charge is 0.238 e. The van der Waals surface area contributed by atoms with E-state index < -0.39 is 0 Å². The highest BCUT2D eigenvalue weighted by molar-refractivity contribution is 9.10. The van der Waals surface area contributed by atoms with Crippen LogP contribution < -0.4 is 10.1 Å². The molecule has 2 rings (SSSR count). The van der Waals surface area contributed by atoms with Crippen LogP contribution in [0.5, 0.6) is 11.5 Å². The van der Waals surface area contributed by atoms with Crippen LogP contribution in [0.25, 0.3) is 0 Å². The Hall–Kier alpha value is -1.81. The number of benzene rings is 2. The van der Waals surface area contributed by atoms with Crippen molar-refractivity contribution in [1.29, 1.82) is 0 Å². The van der Waals surface area contributed by atoms with Crippen molar-refractivity contribution in [2.45, 2.75) is 18.2 Å². The number of carbonyl (C=O) groups excluding carboxylic acids is 1. The number of para-hydroxylation sites is 3. The molecule has 1 unspecified atom stereocenters. The maximum Gasteiger partial charge on any atom is 0.238 e. The van der Waals surface area contributed by atoms with E-state index in [1.165, 1.54) is 0 Å². The van der Waals surface area contributed by atoms with Crippen molar-refractivity contribution < 1.29 is 9.53 Å². The number of anilines is 1. The van der Waals surface area contributed by atoms with Crippen LogP contribution in [0.2, 0.25) is 0 Å². The van der Waals surface area contributed by atoms with E-state index in [0.717, 1.165) is 12.2 Å². The van der Waals surface area contributed by atoms with Crippen molar-refractivity contribution in [3.05, 3.63) is 54.6 Å². The van der Waals surface area contributed by atoms with Crippen LogP contribution in [0, 0.1) is 0 Å². The number of rotatable bonds is 5. The van der Waals surface area contributed by atoms with Gasteiger partial charge in [-0.2, -0.15) is 0 Å². The third kappa shape index (κ3) is 3.84. The summed E-state index contributed by atoms with van der Waals surface area (Å²) < 4.78 is 5.79. The van der Waals surface area contributed by atoms with Gasteiger partial charge >= 0.3 is 0 Å². The number of amides is 1. The summed E-state index contributed by atoms with van der Waals surface area (Å²) in [6.45, 7) is 1.95. The normalized spacial score (nSPS) is 11.7. The Bertz CT molecular complexity index is 572. The molecule has 0 aliphatic rings. The molecule has 2 aromatic rings. The topological polar surface area (TPSA) is 38.3 Å². The van der Waals surface area contributed by atoms with Gasteiger partial charge in [0.15, 0.2) is 5.75 Å². The Labute approximate surface area is 127 Å². The molecular formula is C16H16BrNO2. The molecule has 104 valence electrons. The summed E-state index contributed by atoms with van der Waals surface area (Å²) >= 11 is 3.34. The van der Waals surface area contributed by atoms with Gasteiger partial charge in [0.05, 0.1) is 10.5 Å². The summed E-state index contributed by atoms with van der Waals surface area (Å²) in [6, 6.07) is 16.9. The number of carbonyl (C=O) groups is 1. The van der Waals surface area contributed by atoms with Crippen LogP contribution >= 0.6 is 15.9 Å². The molecule has 3 nitrogen and oxygen atoms in total. The first-order valence-corrected chi connectivity index (χ1v) is 7.39. The summed E-state index contributed by atoms with van der Waals surface area (Å²) in [4.78, 5) is 11.7. The van der Waals surface area contributed by atoms with Crippen LogP contribution in [-0.2, 0) is 4.79 Å². The van der Waals surface area contributed by atoms with Crippen molar-refractivity contribution in [1.82, 2.24) is 0 Å².